The van der Waals surface area contributed by atoms with Crippen LogP contribution < -0.4 is 0 Å². The number of amides is 1. The zero-order valence-electron chi connectivity index (χ0n) is 25.1. The van der Waals surface area contributed by atoms with E-state index in [1.807, 2.05) is 11.9 Å². The van der Waals surface area contributed by atoms with Gasteiger partial charge in [-0.15, -0.1) is 0 Å². The molecule has 3 saturated heterocycles. The van der Waals surface area contributed by atoms with Crippen LogP contribution in [-0.4, -0.2) is 126 Å². The fraction of sp³-hybridized carbons (Fsp3) is 0.966. The summed E-state index contributed by atoms with van der Waals surface area (Å²) >= 11 is 0. The second-order valence-corrected chi connectivity index (χ2v) is 13.9. The van der Waals surface area contributed by atoms with Gasteiger partial charge < -0.3 is 9.80 Å². The van der Waals surface area contributed by atoms with Gasteiger partial charge in [-0.25, -0.2) is 0 Å². The molecule has 0 N–H and O–H groups in total. The molecule has 222 valence electrons. The zero-order valence-corrected chi connectivity index (χ0v) is 25.1. The van der Waals surface area contributed by atoms with Gasteiger partial charge in [-0.3, -0.25) is 19.5 Å². The second kappa shape index (κ2) is 12.7. The van der Waals surface area contributed by atoms with Crippen LogP contribution in [0.4, 0.5) is 13.2 Å². The van der Waals surface area contributed by atoms with Crippen molar-refractivity contribution in [2.75, 3.05) is 66.0 Å². The topological polar surface area (TPSA) is 33.3 Å². The minimum absolute atomic E-state index is 0.0206. The van der Waals surface area contributed by atoms with Crippen LogP contribution in [0.1, 0.15) is 80.1 Å². The monoisotopic (exact) mass is 545 g/mol. The number of likely N-dealkylation sites (N-methyl/N-ethyl adjacent to an activating group) is 1. The molecule has 1 amide bonds. The molecule has 38 heavy (non-hydrogen) atoms. The van der Waals surface area contributed by atoms with Crippen LogP contribution in [0.15, 0.2) is 0 Å². The Morgan fingerprint density at radius 2 is 1.16 bits per heavy atom. The largest absolute Gasteiger partial charge is 0.401 e. The van der Waals surface area contributed by atoms with Gasteiger partial charge in [-0.1, -0.05) is 0 Å². The first-order valence-corrected chi connectivity index (χ1v) is 14.8. The maximum atomic E-state index is 13.5. The number of hydrogen-bond donors (Lipinski definition) is 0. The summed E-state index contributed by atoms with van der Waals surface area (Å²) in [4.78, 5) is 24.0. The van der Waals surface area contributed by atoms with E-state index in [0.717, 1.165) is 77.8 Å². The zero-order chi connectivity index (χ0) is 28.3. The molecule has 0 atom stereocenters. The average Bonchev–Trinajstić information content (AvgIpc) is 2.84. The van der Waals surface area contributed by atoms with Gasteiger partial charge in [0.15, 0.2) is 0 Å². The van der Waals surface area contributed by atoms with Crippen molar-refractivity contribution in [3.63, 3.8) is 0 Å². The van der Waals surface area contributed by atoms with Crippen LogP contribution in [0.5, 0.6) is 0 Å². The van der Waals surface area contributed by atoms with Gasteiger partial charge >= 0.3 is 6.18 Å². The summed E-state index contributed by atoms with van der Waals surface area (Å²) in [6.07, 6.45) is 1.03. The molecule has 3 aliphatic heterocycles. The summed E-state index contributed by atoms with van der Waals surface area (Å²) < 4.78 is 40.4. The highest BCUT2D eigenvalue weighted by atomic mass is 19.4. The van der Waals surface area contributed by atoms with Gasteiger partial charge in [-0.05, 0) is 100 Å². The van der Waals surface area contributed by atoms with E-state index in [4.69, 9.17) is 0 Å². The molecule has 6 nitrogen and oxygen atoms in total. The third-order valence-electron chi connectivity index (χ3n) is 9.24. The predicted octanol–water partition coefficient (Wildman–Crippen LogP) is 4.55. The number of piperidine rings is 3. The molecule has 0 bridgehead atoms. The summed E-state index contributed by atoms with van der Waals surface area (Å²) in [5, 5.41) is 0. The van der Waals surface area contributed by atoms with Crippen molar-refractivity contribution in [3.8, 4) is 0 Å². The number of rotatable bonds is 7. The minimum atomic E-state index is -4.19. The Hall–Kier alpha value is -0.900. The van der Waals surface area contributed by atoms with Gasteiger partial charge in [0.2, 0.25) is 5.91 Å². The van der Waals surface area contributed by atoms with Crippen molar-refractivity contribution in [1.29, 1.82) is 0 Å². The first-order valence-electron chi connectivity index (χ1n) is 14.8. The smallest absolute Gasteiger partial charge is 0.342 e. The normalized spacial score (nSPS) is 23.1. The number of halogens is 3. The van der Waals surface area contributed by atoms with Crippen molar-refractivity contribution in [2.24, 2.45) is 5.92 Å². The Balaban J connectivity index is 1.45. The Morgan fingerprint density at radius 1 is 0.711 bits per heavy atom. The maximum Gasteiger partial charge on any atom is 0.401 e. The molecular weight excluding hydrogens is 491 g/mol. The first kappa shape index (κ1) is 31.6. The molecule has 0 saturated carbocycles. The fourth-order valence-corrected chi connectivity index (χ4v) is 6.57. The van der Waals surface area contributed by atoms with Crippen LogP contribution in [0.2, 0.25) is 0 Å². The van der Waals surface area contributed by atoms with E-state index in [0.29, 0.717) is 25.0 Å². The lowest BCUT2D eigenvalue weighted by molar-refractivity contribution is -0.154. The van der Waals surface area contributed by atoms with Crippen molar-refractivity contribution in [1.82, 2.24) is 24.5 Å². The van der Waals surface area contributed by atoms with Gasteiger partial charge in [0.05, 0.1) is 6.54 Å². The van der Waals surface area contributed by atoms with Crippen molar-refractivity contribution in [2.45, 2.75) is 109 Å². The molecule has 0 radical (unpaired) electrons. The van der Waals surface area contributed by atoms with Crippen molar-refractivity contribution >= 4 is 5.91 Å². The number of alkyl halides is 3. The summed E-state index contributed by atoms with van der Waals surface area (Å²) in [5.41, 5.74) is 0.205. The van der Waals surface area contributed by atoms with Crippen LogP contribution in [0.25, 0.3) is 0 Å². The second-order valence-electron chi connectivity index (χ2n) is 13.9. The van der Waals surface area contributed by atoms with Gasteiger partial charge in [0.25, 0.3) is 0 Å². The highest BCUT2D eigenvalue weighted by molar-refractivity contribution is 5.79. The highest BCUT2D eigenvalue weighted by Gasteiger charge is 2.37. The molecule has 3 aliphatic rings. The Kier molecular flexibility index (Phi) is 10.6. The minimum Gasteiger partial charge on any atom is -0.342 e. The van der Waals surface area contributed by atoms with Crippen LogP contribution in [0.3, 0.4) is 0 Å². The highest BCUT2D eigenvalue weighted by Crippen LogP contribution is 2.28. The molecule has 0 aromatic rings. The summed E-state index contributed by atoms with van der Waals surface area (Å²) in [5.74, 6) is 0.432. The Morgan fingerprint density at radius 3 is 1.61 bits per heavy atom. The summed E-state index contributed by atoms with van der Waals surface area (Å²) in [6, 6.07) is 0.296. The van der Waals surface area contributed by atoms with Gasteiger partial charge in [0.1, 0.15) is 0 Å². The molecule has 0 spiro atoms. The lowest BCUT2D eigenvalue weighted by Crippen LogP contribution is -2.54. The first-order chi connectivity index (χ1) is 17.5. The lowest BCUT2D eigenvalue weighted by Gasteiger charge is -2.45. The Bertz CT molecular complexity index is 739. The van der Waals surface area contributed by atoms with E-state index in [2.05, 4.69) is 56.2 Å². The van der Waals surface area contributed by atoms with E-state index in [9.17, 15) is 18.0 Å². The van der Waals surface area contributed by atoms with Crippen molar-refractivity contribution < 1.29 is 18.0 Å². The molecule has 3 rings (SSSR count). The van der Waals surface area contributed by atoms with E-state index in [-0.39, 0.29) is 23.0 Å². The fourth-order valence-electron chi connectivity index (χ4n) is 6.57. The molecule has 0 aromatic heterocycles. The number of carbonyl (C=O) groups excluding carboxylic acids is 1. The number of likely N-dealkylation sites (tertiary alicyclic amines) is 3. The summed E-state index contributed by atoms with van der Waals surface area (Å²) in [7, 11) is 2.04. The molecule has 0 aliphatic carbocycles. The van der Waals surface area contributed by atoms with E-state index in [1.165, 1.54) is 0 Å². The molecular formula is C29H54F3N5O. The van der Waals surface area contributed by atoms with Crippen molar-refractivity contribution in [3.05, 3.63) is 0 Å². The Labute approximate surface area is 229 Å². The van der Waals surface area contributed by atoms with E-state index < -0.39 is 12.7 Å². The third-order valence-corrected chi connectivity index (χ3v) is 9.24. The summed E-state index contributed by atoms with van der Waals surface area (Å²) in [6.45, 7) is 18.6. The van der Waals surface area contributed by atoms with E-state index in [1.54, 1.807) is 4.90 Å². The van der Waals surface area contributed by atoms with Crippen LogP contribution in [-0.2, 0) is 4.79 Å². The van der Waals surface area contributed by atoms with E-state index >= 15 is 0 Å². The van der Waals surface area contributed by atoms with Gasteiger partial charge in [0, 0.05) is 68.3 Å². The number of carbonyl (C=O) groups is 1. The molecule has 9 heteroatoms. The van der Waals surface area contributed by atoms with Gasteiger partial charge in [-0.2, -0.15) is 13.2 Å². The SMILES string of the molecule is CN(CCN(CC(F)(F)F)C1CCN(C(C)(C)C)CC1)C1CCN(C(=O)C2CCN(C(C)(C)C)CC2)CC1. The molecule has 3 heterocycles. The van der Waals surface area contributed by atoms with Crippen LogP contribution >= 0.6 is 0 Å². The standard InChI is InChI=1S/C29H54F3N5O/c1-27(2,3)36-16-8-23(9-17-36)26(38)34-14-10-24(11-15-34)33(7)20-21-35(22-29(30,31)32)25-12-18-37(19-13-25)28(4,5)6/h23-25H,8-22H2,1-7H3. The predicted molar refractivity (Wildman–Crippen MR) is 148 cm³/mol. The number of hydrogen-bond acceptors (Lipinski definition) is 5. The van der Waals surface area contributed by atoms with Crippen LogP contribution in [0, 0.1) is 5.92 Å². The molecule has 0 aromatic carbocycles. The quantitative estimate of drug-likeness (QED) is 0.469. The number of nitrogens with zero attached hydrogens (tertiary/aromatic N) is 5. The molecule has 0 unspecified atom stereocenters. The maximum absolute atomic E-state index is 13.5. The average molecular weight is 546 g/mol. The molecule has 3 fully saturated rings. The lowest BCUT2D eigenvalue weighted by atomic mass is 9.91. The third kappa shape index (κ3) is 9.07.